The van der Waals surface area contributed by atoms with Crippen LogP contribution in [0.25, 0.3) is 0 Å². The van der Waals surface area contributed by atoms with E-state index in [2.05, 4.69) is 10.3 Å². The molecule has 2 aromatic carbocycles. The smallest absolute Gasteiger partial charge is 0.275 e. The second-order valence-electron chi connectivity index (χ2n) is 5.71. The zero-order valence-electron chi connectivity index (χ0n) is 15.3. The first-order valence-electron chi connectivity index (χ1n) is 8.23. The van der Waals surface area contributed by atoms with Gasteiger partial charge in [-0.05, 0) is 17.7 Å². The van der Waals surface area contributed by atoms with Gasteiger partial charge in [-0.15, -0.1) is 11.3 Å². The summed E-state index contributed by atoms with van der Waals surface area (Å²) in [7, 11) is 4.76. The Kier molecular flexibility index (Phi) is 5.93. The number of ether oxygens (including phenoxy) is 3. The van der Waals surface area contributed by atoms with E-state index in [1.165, 1.54) is 11.3 Å². The SMILES string of the molecule is COc1ccc(Cc2nc(C(=O)Nc3cc(OC)cc(OC)c3)cs2)cc1. The van der Waals surface area contributed by atoms with Crippen molar-refractivity contribution in [1.29, 1.82) is 0 Å². The summed E-state index contributed by atoms with van der Waals surface area (Å²) in [6, 6.07) is 13.0. The van der Waals surface area contributed by atoms with Crippen LogP contribution in [-0.4, -0.2) is 32.2 Å². The molecule has 1 aromatic heterocycles. The predicted molar refractivity (Wildman–Crippen MR) is 105 cm³/mol. The zero-order chi connectivity index (χ0) is 19.2. The fourth-order valence-electron chi connectivity index (χ4n) is 2.49. The highest BCUT2D eigenvalue weighted by molar-refractivity contribution is 7.09. The minimum absolute atomic E-state index is 0.275. The summed E-state index contributed by atoms with van der Waals surface area (Å²) in [6.07, 6.45) is 0.662. The molecule has 140 valence electrons. The molecule has 0 saturated heterocycles. The van der Waals surface area contributed by atoms with Crippen LogP contribution in [-0.2, 0) is 6.42 Å². The summed E-state index contributed by atoms with van der Waals surface area (Å²) in [5.74, 6) is 1.74. The molecule has 0 bridgehead atoms. The highest BCUT2D eigenvalue weighted by Crippen LogP contribution is 2.26. The molecule has 3 rings (SSSR count). The van der Waals surface area contributed by atoms with Gasteiger partial charge in [0.05, 0.1) is 26.3 Å². The van der Waals surface area contributed by atoms with Gasteiger partial charge in [0.2, 0.25) is 0 Å². The summed E-state index contributed by atoms with van der Waals surface area (Å²) in [6.45, 7) is 0. The number of carbonyl (C=O) groups is 1. The standard InChI is InChI=1S/C20H20N2O4S/c1-24-15-6-4-13(5-7-15)8-19-22-18(12-27-19)20(23)21-14-9-16(25-2)11-17(10-14)26-3/h4-7,9-12H,8H2,1-3H3,(H,21,23). The van der Waals surface area contributed by atoms with Crippen molar-refractivity contribution in [3.63, 3.8) is 0 Å². The third kappa shape index (κ3) is 4.77. The lowest BCUT2D eigenvalue weighted by atomic mass is 10.1. The van der Waals surface area contributed by atoms with E-state index in [1.54, 1.807) is 44.9 Å². The Hall–Kier alpha value is -3.06. The molecule has 3 aromatic rings. The van der Waals surface area contributed by atoms with Crippen molar-refractivity contribution in [2.75, 3.05) is 26.6 Å². The molecule has 1 N–H and O–H groups in total. The lowest BCUT2D eigenvalue weighted by Crippen LogP contribution is -2.12. The Bertz CT molecular complexity index is 900. The van der Waals surface area contributed by atoms with Crippen LogP contribution in [0.5, 0.6) is 17.2 Å². The van der Waals surface area contributed by atoms with E-state index in [1.807, 2.05) is 24.3 Å². The van der Waals surface area contributed by atoms with E-state index in [9.17, 15) is 4.79 Å². The summed E-state index contributed by atoms with van der Waals surface area (Å²) < 4.78 is 15.6. The molecule has 0 atom stereocenters. The van der Waals surface area contributed by atoms with Crippen molar-refractivity contribution in [1.82, 2.24) is 4.98 Å². The number of carbonyl (C=O) groups excluding carboxylic acids is 1. The van der Waals surface area contributed by atoms with Crippen molar-refractivity contribution in [3.8, 4) is 17.2 Å². The van der Waals surface area contributed by atoms with Crippen LogP contribution >= 0.6 is 11.3 Å². The lowest BCUT2D eigenvalue weighted by molar-refractivity contribution is 0.102. The average Bonchev–Trinajstić information content (AvgIpc) is 3.17. The number of nitrogens with one attached hydrogen (secondary N) is 1. The molecular formula is C20H20N2O4S. The van der Waals surface area contributed by atoms with Crippen molar-refractivity contribution < 1.29 is 19.0 Å². The number of nitrogens with zero attached hydrogens (tertiary/aromatic N) is 1. The minimum atomic E-state index is -0.275. The maximum atomic E-state index is 12.5. The molecule has 0 fully saturated rings. The second kappa shape index (κ2) is 8.55. The number of amides is 1. The first kappa shape index (κ1) is 18.7. The van der Waals surface area contributed by atoms with Crippen LogP contribution in [0.3, 0.4) is 0 Å². The van der Waals surface area contributed by atoms with Gasteiger partial charge in [-0.1, -0.05) is 12.1 Å². The van der Waals surface area contributed by atoms with Crippen LogP contribution in [0.4, 0.5) is 5.69 Å². The maximum Gasteiger partial charge on any atom is 0.275 e. The Morgan fingerprint density at radius 2 is 1.59 bits per heavy atom. The number of aromatic nitrogens is 1. The Morgan fingerprint density at radius 1 is 0.963 bits per heavy atom. The van der Waals surface area contributed by atoms with E-state index in [0.717, 1.165) is 16.3 Å². The number of rotatable bonds is 7. The normalized spacial score (nSPS) is 10.3. The van der Waals surface area contributed by atoms with Crippen molar-refractivity contribution >= 4 is 22.9 Å². The highest BCUT2D eigenvalue weighted by atomic mass is 32.1. The molecule has 0 aliphatic carbocycles. The van der Waals surface area contributed by atoms with E-state index in [0.29, 0.717) is 29.3 Å². The predicted octanol–water partition coefficient (Wildman–Crippen LogP) is 4.01. The number of thiazole rings is 1. The highest BCUT2D eigenvalue weighted by Gasteiger charge is 2.13. The molecule has 7 heteroatoms. The molecule has 0 aliphatic rings. The third-order valence-electron chi connectivity index (χ3n) is 3.91. The molecular weight excluding hydrogens is 364 g/mol. The van der Waals surface area contributed by atoms with E-state index in [4.69, 9.17) is 14.2 Å². The Labute approximate surface area is 161 Å². The van der Waals surface area contributed by atoms with Crippen LogP contribution in [0.1, 0.15) is 21.1 Å². The molecule has 0 aliphatic heterocycles. The van der Waals surface area contributed by atoms with Crippen LogP contribution < -0.4 is 19.5 Å². The number of methoxy groups -OCH3 is 3. The van der Waals surface area contributed by atoms with Crippen molar-refractivity contribution in [2.24, 2.45) is 0 Å². The van der Waals surface area contributed by atoms with Gasteiger partial charge in [-0.3, -0.25) is 4.79 Å². The van der Waals surface area contributed by atoms with E-state index in [-0.39, 0.29) is 5.91 Å². The maximum absolute atomic E-state index is 12.5. The number of anilines is 1. The fraction of sp³-hybridized carbons (Fsp3) is 0.200. The lowest BCUT2D eigenvalue weighted by Gasteiger charge is -2.09. The second-order valence-corrected chi connectivity index (χ2v) is 6.65. The third-order valence-corrected chi connectivity index (χ3v) is 4.76. The van der Waals surface area contributed by atoms with Gasteiger partial charge >= 0.3 is 0 Å². The molecule has 0 unspecified atom stereocenters. The summed E-state index contributed by atoms with van der Waals surface area (Å²) in [4.78, 5) is 16.9. The van der Waals surface area contributed by atoms with E-state index < -0.39 is 0 Å². The van der Waals surface area contributed by atoms with E-state index >= 15 is 0 Å². The Balaban J connectivity index is 1.69. The quantitative estimate of drug-likeness (QED) is 0.666. The zero-order valence-corrected chi connectivity index (χ0v) is 16.1. The topological polar surface area (TPSA) is 69.7 Å². The van der Waals surface area contributed by atoms with Gasteiger partial charge in [0.1, 0.15) is 22.9 Å². The molecule has 0 spiro atoms. The monoisotopic (exact) mass is 384 g/mol. The summed E-state index contributed by atoms with van der Waals surface area (Å²) in [5, 5.41) is 5.45. The van der Waals surface area contributed by atoms with Crippen molar-refractivity contribution in [2.45, 2.75) is 6.42 Å². The first-order chi connectivity index (χ1) is 13.1. The summed E-state index contributed by atoms with van der Waals surface area (Å²) in [5.41, 5.74) is 2.07. The fourth-order valence-corrected chi connectivity index (χ4v) is 3.30. The molecule has 1 heterocycles. The van der Waals surface area contributed by atoms with Crippen LogP contribution in [0, 0.1) is 0 Å². The minimum Gasteiger partial charge on any atom is -0.497 e. The first-order valence-corrected chi connectivity index (χ1v) is 9.11. The van der Waals surface area contributed by atoms with Gasteiger partial charge in [0, 0.05) is 35.7 Å². The Morgan fingerprint density at radius 3 is 2.19 bits per heavy atom. The molecule has 6 nitrogen and oxygen atoms in total. The van der Waals surface area contributed by atoms with Crippen molar-refractivity contribution in [3.05, 3.63) is 64.1 Å². The number of hydrogen-bond acceptors (Lipinski definition) is 6. The van der Waals surface area contributed by atoms with Gasteiger partial charge in [0.25, 0.3) is 5.91 Å². The molecule has 1 amide bonds. The van der Waals surface area contributed by atoms with Crippen LogP contribution in [0.2, 0.25) is 0 Å². The van der Waals surface area contributed by atoms with Gasteiger partial charge < -0.3 is 19.5 Å². The largest absolute Gasteiger partial charge is 0.497 e. The number of benzene rings is 2. The average molecular weight is 384 g/mol. The van der Waals surface area contributed by atoms with Gasteiger partial charge in [0.15, 0.2) is 0 Å². The van der Waals surface area contributed by atoms with Gasteiger partial charge in [-0.2, -0.15) is 0 Å². The van der Waals surface area contributed by atoms with Crippen LogP contribution in [0.15, 0.2) is 47.8 Å². The van der Waals surface area contributed by atoms with Gasteiger partial charge in [-0.25, -0.2) is 4.98 Å². The number of hydrogen-bond donors (Lipinski definition) is 1. The molecule has 0 radical (unpaired) electrons. The molecule has 0 saturated carbocycles. The molecule has 27 heavy (non-hydrogen) atoms. The summed E-state index contributed by atoms with van der Waals surface area (Å²) >= 11 is 1.46.